The predicted octanol–water partition coefficient (Wildman–Crippen LogP) is 3.79. The molecule has 0 aromatic heterocycles. The van der Waals surface area contributed by atoms with E-state index in [0.29, 0.717) is 5.92 Å². The van der Waals surface area contributed by atoms with Crippen molar-refractivity contribution in [3.8, 4) is 5.75 Å². The van der Waals surface area contributed by atoms with E-state index in [4.69, 9.17) is 4.74 Å². The fourth-order valence-corrected chi connectivity index (χ4v) is 3.14. The van der Waals surface area contributed by atoms with Gasteiger partial charge in [-0.3, -0.25) is 0 Å². The minimum absolute atomic E-state index is 0.633. The fraction of sp³-hybridized carbons (Fsp3) is 0.625. The van der Waals surface area contributed by atoms with Crippen molar-refractivity contribution in [1.82, 2.24) is 0 Å². The maximum absolute atomic E-state index is 11.0. The molecule has 1 aliphatic carbocycles. The van der Waals surface area contributed by atoms with Crippen LogP contribution in [0.3, 0.4) is 0 Å². The molecule has 2 nitrogen and oxygen atoms in total. The van der Waals surface area contributed by atoms with Crippen molar-refractivity contribution in [2.45, 2.75) is 51.6 Å². The number of hydrogen-bond acceptors (Lipinski definition) is 2. The van der Waals surface area contributed by atoms with Gasteiger partial charge in [-0.1, -0.05) is 31.4 Å². The van der Waals surface area contributed by atoms with Crippen LogP contribution < -0.4 is 4.74 Å². The summed E-state index contributed by atoms with van der Waals surface area (Å²) in [6.07, 6.45) is 5.21. The second-order valence-corrected chi connectivity index (χ2v) is 5.61. The predicted molar refractivity (Wildman–Crippen MR) is 73.9 cm³/mol. The van der Waals surface area contributed by atoms with Gasteiger partial charge in [-0.25, -0.2) is 0 Å². The van der Waals surface area contributed by atoms with Crippen LogP contribution in [0.5, 0.6) is 5.75 Å². The number of benzene rings is 1. The van der Waals surface area contributed by atoms with Crippen molar-refractivity contribution in [2.75, 3.05) is 7.11 Å². The summed E-state index contributed by atoms with van der Waals surface area (Å²) in [6, 6.07) is 6.08. The van der Waals surface area contributed by atoms with Gasteiger partial charge in [0.25, 0.3) is 0 Å². The second-order valence-electron chi connectivity index (χ2n) is 5.61. The van der Waals surface area contributed by atoms with Crippen LogP contribution >= 0.6 is 0 Å². The molecule has 1 N–H and O–H groups in total. The lowest BCUT2D eigenvalue weighted by molar-refractivity contribution is -0.0234. The van der Waals surface area contributed by atoms with Crippen molar-refractivity contribution in [1.29, 1.82) is 0 Å². The van der Waals surface area contributed by atoms with Gasteiger partial charge in [-0.2, -0.15) is 0 Å². The Morgan fingerprint density at radius 3 is 2.89 bits per heavy atom. The molecule has 1 fully saturated rings. The molecule has 0 spiro atoms. The number of aryl methyl sites for hydroxylation is 1. The quantitative estimate of drug-likeness (QED) is 0.881. The topological polar surface area (TPSA) is 29.5 Å². The zero-order chi connectivity index (χ0) is 13.2. The average Bonchev–Trinajstić information content (AvgIpc) is 2.38. The van der Waals surface area contributed by atoms with Crippen LogP contribution in [0.15, 0.2) is 18.2 Å². The molecule has 0 aliphatic heterocycles. The normalized spacial score (nSPS) is 28.1. The summed E-state index contributed by atoms with van der Waals surface area (Å²) in [6.45, 7) is 4.27. The molecule has 18 heavy (non-hydrogen) atoms. The van der Waals surface area contributed by atoms with Crippen LogP contribution in [0, 0.1) is 12.8 Å². The Morgan fingerprint density at radius 1 is 1.44 bits per heavy atom. The van der Waals surface area contributed by atoms with Crippen molar-refractivity contribution >= 4 is 0 Å². The van der Waals surface area contributed by atoms with E-state index < -0.39 is 5.60 Å². The van der Waals surface area contributed by atoms with E-state index in [2.05, 4.69) is 19.9 Å². The Balaban J connectivity index is 2.36. The van der Waals surface area contributed by atoms with Crippen molar-refractivity contribution in [2.24, 2.45) is 5.92 Å². The Kier molecular flexibility index (Phi) is 3.96. The van der Waals surface area contributed by atoms with E-state index in [0.717, 1.165) is 37.0 Å². The highest BCUT2D eigenvalue weighted by Crippen LogP contribution is 2.44. The zero-order valence-electron chi connectivity index (χ0n) is 11.7. The number of hydrogen-bond donors (Lipinski definition) is 1. The van der Waals surface area contributed by atoms with Gasteiger partial charge < -0.3 is 9.84 Å². The van der Waals surface area contributed by atoms with E-state index in [1.807, 2.05) is 12.1 Å². The molecule has 0 saturated heterocycles. The Labute approximate surface area is 110 Å². The largest absolute Gasteiger partial charge is 0.496 e. The van der Waals surface area contributed by atoms with E-state index in [1.165, 1.54) is 12.0 Å². The van der Waals surface area contributed by atoms with Crippen LogP contribution in [-0.2, 0) is 5.60 Å². The molecule has 2 rings (SSSR count). The van der Waals surface area contributed by atoms with Crippen LogP contribution in [-0.4, -0.2) is 12.2 Å². The van der Waals surface area contributed by atoms with Gasteiger partial charge >= 0.3 is 0 Å². The monoisotopic (exact) mass is 248 g/mol. The molecular formula is C16H24O2. The third-order valence-electron chi connectivity index (χ3n) is 4.26. The molecule has 1 saturated carbocycles. The summed E-state index contributed by atoms with van der Waals surface area (Å²) in [5.41, 5.74) is 1.46. The highest BCUT2D eigenvalue weighted by molar-refractivity contribution is 5.41. The summed E-state index contributed by atoms with van der Waals surface area (Å²) < 4.78 is 5.43. The average molecular weight is 248 g/mol. The van der Waals surface area contributed by atoms with Gasteiger partial charge in [-0.05, 0) is 44.2 Å². The minimum atomic E-state index is -0.698. The fourth-order valence-electron chi connectivity index (χ4n) is 3.14. The van der Waals surface area contributed by atoms with Gasteiger partial charge in [0.15, 0.2) is 0 Å². The maximum atomic E-state index is 11.0. The zero-order valence-corrected chi connectivity index (χ0v) is 11.7. The number of ether oxygens (including phenoxy) is 1. The van der Waals surface area contributed by atoms with Crippen LogP contribution in [0.4, 0.5) is 0 Å². The first-order valence-electron chi connectivity index (χ1n) is 6.96. The van der Waals surface area contributed by atoms with Gasteiger partial charge in [0.1, 0.15) is 5.75 Å². The summed E-state index contributed by atoms with van der Waals surface area (Å²) in [7, 11) is 1.68. The van der Waals surface area contributed by atoms with Crippen LogP contribution in [0.1, 0.15) is 50.2 Å². The second kappa shape index (κ2) is 5.31. The highest BCUT2D eigenvalue weighted by Gasteiger charge is 2.37. The lowest BCUT2D eigenvalue weighted by Gasteiger charge is -2.37. The van der Waals surface area contributed by atoms with Crippen molar-refractivity contribution < 1.29 is 9.84 Å². The standard InChI is InChI=1S/C16H24O2/c1-4-13-6-5-9-16(17,11-13)14-10-12(2)7-8-15(14)18-3/h7-8,10,13,17H,4-6,9,11H2,1-3H3. The third-order valence-corrected chi connectivity index (χ3v) is 4.26. The molecule has 1 aromatic rings. The van der Waals surface area contributed by atoms with Crippen LogP contribution in [0.2, 0.25) is 0 Å². The van der Waals surface area contributed by atoms with Crippen molar-refractivity contribution in [3.05, 3.63) is 29.3 Å². The Bertz CT molecular complexity index is 414. The molecule has 2 heteroatoms. The first kappa shape index (κ1) is 13.4. The summed E-state index contributed by atoms with van der Waals surface area (Å²) in [4.78, 5) is 0. The minimum Gasteiger partial charge on any atom is -0.496 e. The molecule has 100 valence electrons. The SMILES string of the molecule is CCC1CCCC(O)(c2cc(C)ccc2OC)C1. The molecule has 0 radical (unpaired) electrons. The number of aliphatic hydroxyl groups is 1. The summed E-state index contributed by atoms with van der Waals surface area (Å²) in [5, 5.41) is 11.0. The van der Waals surface area contributed by atoms with E-state index >= 15 is 0 Å². The van der Waals surface area contributed by atoms with Crippen LogP contribution in [0.25, 0.3) is 0 Å². The molecular weight excluding hydrogens is 224 g/mol. The first-order chi connectivity index (χ1) is 8.59. The van der Waals surface area contributed by atoms with Crippen molar-refractivity contribution in [3.63, 3.8) is 0 Å². The molecule has 2 unspecified atom stereocenters. The van der Waals surface area contributed by atoms with Gasteiger partial charge in [0.2, 0.25) is 0 Å². The number of methoxy groups -OCH3 is 1. The van der Waals surface area contributed by atoms with E-state index in [-0.39, 0.29) is 0 Å². The maximum Gasteiger partial charge on any atom is 0.124 e. The lowest BCUT2D eigenvalue weighted by atomic mass is 9.73. The van der Waals surface area contributed by atoms with Gasteiger partial charge in [0.05, 0.1) is 12.7 Å². The lowest BCUT2D eigenvalue weighted by Crippen LogP contribution is -2.33. The Morgan fingerprint density at radius 2 is 2.22 bits per heavy atom. The molecule has 2 atom stereocenters. The van der Waals surface area contributed by atoms with E-state index in [1.54, 1.807) is 7.11 Å². The summed E-state index contributed by atoms with van der Waals surface area (Å²) in [5.74, 6) is 1.45. The molecule has 1 aromatic carbocycles. The molecule has 0 amide bonds. The Hall–Kier alpha value is -1.02. The van der Waals surface area contributed by atoms with Gasteiger partial charge in [-0.15, -0.1) is 0 Å². The van der Waals surface area contributed by atoms with Gasteiger partial charge in [0, 0.05) is 5.56 Å². The van der Waals surface area contributed by atoms with E-state index in [9.17, 15) is 5.11 Å². The molecule has 1 aliphatic rings. The molecule has 0 heterocycles. The third kappa shape index (κ3) is 2.54. The molecule has 0 bridgehead atoms. The first-order valence-corrected chi connectivity index (χ1v) is 6.96. The highest BCUT2D eigenvalue weighted by atomic mass is 16.5. The smallest absolute Gasteiger partial charge is 0.124 e. The number of rotatable bonds is 3. The summed E-state index contributed by atoms with van der Waals surface area (Å²) >= 11 is 0.